The summed E-state index contributed by atoms with van der Waals surface area (Å²) in [7, 11) is 0. The van der Waals surface area contributed by atoms with Crippen LogP contribution in [0, 0.1) is 0 Å². The van der Waals surface area contributed by atoms with Gasteiger partial charge in [0, 0.05) is 19.1 Å². The van der Waals surface area contributed by atoms with E-state index in [0.717, 1.165) is 19.2 Å². The first kappa shape index (κ1) is 16.4. The summed E-state index contributed by atoms with van der Waals surface area (Å²) in [6, 6.07) is 0.155. The molecule has 1 aliphatic heterocycles. The number of amides is 2. The van der Waals surface area contributed by atoms with E-state index in [0.29, 0.717) is 13.1 Å². The zero-order chi connectivity index (χ0) is 15.2. The summed E-state index contributed by atoms with van der Waals surface area (Å²) in [6.07, 6.45) is 1.02. The number of nitrogens with one attached hydrogen (secondary N) is 1. The molecule has 0 aromatic heterocycles. The number of ether oxygens (including phenoxy) is 1. The number of nitrogens with two attached hydrogens (primary N) is 1. The lowest BCUT2D eigenvalue weighted by Gasteiger charge is -2.27. The third-order valence-corrected chi connectivity index (χ3v) is 2.46. The van der Waals surface area contributed by atoms with E-state index >= 15 is 0 Å². The van der Waals surface area contributed by atoms with Crippen molar-refractivity contribution in [2.24, 2.45) is 10.7 Å². The number of alkyl carbamates (subject to hydrolysis) is 1. The summed E-state index contributed by atoms with van der Waals surface area (Å²) in [5.74, 6) is 0. The second-order valence-electron chi connectivity index (χ2n) is 5.53. The fourth-order valence-electron chi connectivity index (χ4n) is 1.55. The topological polar surface area (TPSA) is 106 Å². The molecule has 0 atom stereocenters. The fourth-order valence-corrected chi connectivity index (χ4v) is 1.55. The molecule has 0 aliphatic carbocycles. The second kappa shape index (κ2) is 7.20. The van der Waals surface area contributed by atoms with Gasteiger partial charge in [-0.25, -0.2) is 9.59 Å². The zero-order valence-electron chi connectivity index (χ0n) is 12.1. The molecule has 0 spiro atoms. The average Bonchev–Trinajstić information content (AvgIpc) is 2.29. The number of hydroxylamine groups is 2. The van der Waals surface area contributed by atoms with Gasteiger partial charge in [0.2, 0.25) is 0 Å². The fraction of sp³-hybridized carbons (Fsp3) is 0.750. The number of carbonyl (C=O) groups excluding carboxylic acids is 2. The van der Waals surface area contributed by atoms with Crippen molar-refractivity contribution in [3.63, 3.8) is 0 Å². The molecule has 0 unspecified atom stereocenters. The molecular weight excluding hydrogens is 264 g/mol. The molecule has 0 aromatic rings. The molecule has 1 fully saturated rings. The van der Waals surface area contributed by atoms with Crippen molar-refractivity contribution in [2.45, 2.75) is 45.3 Å². The third kappa shape index (κ3) is 7.05. The number of aliphatic imine (C=N–C) groups is 1. The number of nitrogens with zero attached hydrogens (tertiary/aromatic N) is 2. The van der Waals surface area contributed by atoms with Crippen LogP contribution in [-0.2, 0) is 9.57 Å². The molecule has 3 N–H and O–H groups in total. The highest BCUT2D eigenvalue weighted by Gasteiger charge is 2.19. The van der Waals surface area contributed by atoms with Crippen molar-refractivity contribution in [3.05, 3.63) is 0 Å². The van der Waals surface area contributed by atoms with Crippen LogP contribution in [0.5, 0.6) is 0 Å². The van der Waals surface area contributed by atoms with Gasteiger partial charge in [-0.2, -0.15) is 4.99 Å². The van der Waals surface area contributed by atoms with Gasteiger partial charge in [0.1, 0.15) is 11.9 Å². The summed E-state index contributed by atoms with van der Waals surface area (Å²) >= 11 is 0. The highest BCUT2D eigenvalue weighted by molar-refractivity contribution is 5.87. The Labute approximate surface area is 118 Å². The van der Waals surface area contributed by atoms with Crippen molar-refractivity contribution in [3.8, 4) is 0 Å². The molecule has 1 aliphatic rings. The first-order chi connectivity index (χ1) is 9.26. The van der Waals surface area contributed by atoms with Crippen LogP contribution in [0.25, 0.3) is 0 Å². The zero-order valence-corrected chi connectivity index (χ0v) is 12.1. The molecule has 8 heteroatoms. The van der Waals surface area contributed by atoms with Gasteiger partial charge in [0.15, 0.2) is 0 Å². The van der Waals surface area contributed by atoms with Gasteiger partial charge in [0.05, 0.1) is 0 Å². The molecule has 0 bridgehead atoms. The number of piperidine rings is 1. The van der Waals surface area contributed by atoms with Gasteiger partial charge in [-0.15, -0.1) is 5.06 Å². The van der Waals surface area contributed by atoms with Crippen LogP contribution >= 0.6 is 0 Å². The molecule has 1 saturated heterocycles. The quantitative estimate of drug-likeness (QED) is 0.579. The maximum absolute atomic E-state index is 11.4. The predicted molar refractivity (Wildman–Crippen MR) is 73.1 cm³/mol. The first-order valence-electron chi connectivity index (χ1n) is 6.51. The third-order valence-electron chi connectivity index (χ3n) is 2.46. The molecule has 0 aromatic carbocycles. The van der Waals surface area contributed by atoms with E-state index in [-0.39, 0.29) is 6.04 Å². The van der Waals surface area contributed by atoms with Crippen LogP contribution in [0.3, 0.4) is 0 Å². The molecule has 2 amide bonds. The van der Waals surface area contributed by atoms with E-state index < -0.39 is 17.8 Å². The molecular formula is C12H22N4O4. The minimum absolute atomic E-state index is 0.155. The van der Waals surface area contributed by atoms with Gasteiger partial charge >= 0.3 is 12.2 Å². The van der Waals surface area contributed by atoms with Crippen molar-refractivity contribution in [1.29, 1.82) is 0 Å². The van der Waals surface area contributed by atoms with Crippen LogP contribution in [0.15, 0.2) is 4.99 Å². The van der Waals surface area contributed by atoms with E-state index in [1.54, 1.807) is 20.8 Å². The Morgan fingerprint density at radius 3 is 2.50 bits per heavy atom. The summed E-state index contributed by atoms with van der Waals surface area (Å²) in [6.45, 7) is 6.38. The lowest BCUT2D eigenvalue weighted by molar-refractivity contribution is -0.109. The number of hydrogen-bond donors (Lipinski definition) is 2. The average molecular weight is 286 g/mol. The smallest absolute Gasteiger partial charge is 0.444 e. The maximum atomic E-state index is 11.4. The van der Waals surface area contributed by atoms with Crippen LogP contribution < -0.4 is 11.1 Å². The molecule has 0 radical (unpaired) electrons. The van der Waals surface area contributed by atoms with Gasteiger partial charge < -0.3 is 15.3 Å². The second-order valence-corrected chi connectivity index (χ2v) is 5.53. The van der Waals surface area contributed by atoms with Gasteiger partial charge in [0.25, 0.3) is 0 Å². The molecule has 1 heterocycles. The molecule has 8 nitrogen and oxygen atoms in total. The van der Waals surface area contributed by atoms with Crippen molar-refractivity contribution < 1.29 is 19.2 Å². The Morgan fingerprint density at radius 1 is 1.35 bits per heavy atom. The van der Waals surface area contributed by atoms with E-state index in [2.05, 4.69) is 10.3 Å². The minimum Gasteiger partial charge on any atom is -0.444 e. The normalized spacial score (nSPS) is 18.0. The van der Waals surface area contributed by atoms with Gasteiger partial charge in [-0.05, 0) is 33.6 Å². The summed E-state index contributed by atoms with van der Waals surface area (Å²) < 4.78 is 4.96. The Bertz CT molecular complexity index is 370. The maximum Gasteiger partial charge on any atom is 0.454 e. The molecule has 0 saturated carbocycles. The standard InChI is InChI=1S/C12H22N4O4/c1-12(2,3)19-10(17)14-8-15-11(18)20-16-6-4-9(13)5-7-16/h8-9H,4-7,13H2,1-3H3,(H,14,15,17,18). The summed E-state index contributed by atoms with van der Waals surface area (Å²) in [5, 5.41) is 3.73. The monoisotopic (exact) mass is 286 g/mol. The van der Waals surface area contributed by atoms with Crippen molar-refractivity contribution in [2.75, 3.05) is 13.1 Å². The Kier molecular flexibility index (Phi) is 5.90. The molecule has 20 heavy (non-hydrogen) atoms. The molecule has 1 rings (SSSR count). The summed E-state index contributed by atoms with van der Waals surface area (Å²) in [5.41, 5.74) is 5.13. The highest BCUT2D eigenvalue weighted by atomic mass is 16.7. The Hall–Kier alpha value is -1.67. The van der Waals surface area contributed by atoms with E-state index in [4.69, 9.17) is 15.3 Å². The largest absolute Gasteiger partial charge is 0.454 e. The van der Waals surface area contributed by atoms with Crippen LogP contribution in [0.4, 0.5) is 9.59 Å². The Morgan fingerprint density at radius 2 is 1.95 bits per heavy atom. The highest BCUT2D eigenvalue weighted by Crippen LogP contribution is 2.09. The van der Waals surface area contributed by atoms with Crippen LogP contribution in [-0.4, -0.2) is 48.3 Å². The predicted octanol–water partition coefficient (Wildman–Crippen LogP) is 1.01. The number of hydrogen-bond acceptors (Lipinski definition) is 6. The first-order valence-corrected chi connectivity index (χ1v) is 6.51. The van der Waals surface area contributed by atoms with Crippen LogP contribution in [0.1, 0.15) is 33.6 Å². The summed E-state index contributed by atoms with van der Waals surface area (Å²) in [4.78, 5) is 31.0. The van der Waals surface area contributed by atoms with Crippen molar-refractivity contribution in [1.82, 2.24) is 10.4 Å². The minimum atomic E-state index is -0.795. The SMILES string of the molecule is CC(C)(C)OC(=O)NC=NC(=O)ON1CCC(N)CC1. The Balaban J connectivity index is 2.25. The molecule has 114 valence electrons. The van der Waals surface area contributed by atoms with Crippen LogP contribution in [0.2, 0.25) is 0 Å². The van der Waals surface area contributed by atoms with E-state index in [1.165, 1.54) is 5.06 Å². The lowest BCUT2D eigenvalue weighted by Crippen LogP contribution is -2.40. The lowest BCUT2D eigenvalue weighted by atomic mass is 10.1. The van der Waals surface area contributed by atoms with Crippen molar-refractivity contribution >= 4 is 18.5 Å². The van der Waals surface area contributed by atoms with Gasteiger partial charge in [-0.3, -0.25) is 5.32 Å². The van der Waals surface area contributed by atoms with E-state index in [9.17, 15) is 9.59 Å². The number of rotatable bonds is 2. The van der Waals surface area contributed by atoms with Gasteiger partial charge in [-0.1, -0.05) is 0 Å². The number of carbonyl (C=O) groups is 2. The van der Waals surface area contributed by atoms with E-state index in [1.807, 2.05) is 0 Å².